The van der Waals surface area contributed by atoms with Crippen LogP contribution < -0.4 is 4.74 Å². The standard InChI is InChI=1S/C18H19Cl2NO2/c1-13(11-14-7-9-15(19)10-8-14)21(2)18(22)12-23-17-6-4-3-5-16(17)20/h3-10,13H,11-12H2,1-2H3. The highest BCUT2D eigenvalue weighted by Crippen LogP contribution is 2.23. The van der Waals surface area contributed by atoms with Crippen molar-refractivity contribution in [3.8, 4) is 5.75 Å². The van der Waals surface area contributed by atoms with Crippen molar-refractivity contribution in [3.63, 3.8) is 0 Å². The van der Waals surface area contributed by atoms with Gasteiger partial charge in [-0.05, 0) is 43.2 Å². The van der Waals surface area contributed by atoms with Gasteiger partial charge in [0, 0.05) is 18.1 Å². The molecule has 0 aliphatic carbocycles. The molecule has 0 saturated heterocycles. The van der Waals surface area contributed by atoms with Crippen LogP contribution in [0.1, 0.15) is 12.5 Å². The molecular weight excluding hydrogens is 333 g/mol. The number of carbonyl (C=O) groups is 1. The number of ether oxygens (including phenoxy) is 1. The molecule has 0 fully saturated rings. The van der Waals surface area contributed by atoms with E-state index < -0.39 is 0 Å². The zero-order valence-electron chi connectivity index (χ0n) is 13.1. The summed E-state index contributed by atoms with van der Waals surface area (Å²) in [5, 5.41) is 1.20. The number of halogens is 2. The molecule has 0 saturated carbocycles. The second kappa shape index (κ2) is 8.23. The third-order valence-electron chi connectivity index (χ3n) is 3.69. The molecule has 2 rings (SSSR count). The molecule has 1 amide bonds. The molecule has 2 aromatic rings. The van der Waals surface area contributed by atoms with Crippen molar-refractivity contribution in [2.75, 3.05) is 13.7 Å². The normalized spacial score (nSPS) is 11.8. The number of rotatable bonds is 6. The molecule has 0 heterocycles. The molecule has 0 radical (unpaired) electrons. The first kappa shape index (κ1) is 17.6. The van der Waals surface area contributed by atoms with Crippen LogP contribution in [-0.2, 0) is 11.2 Å². The van der Waals surface area contributed by atoms with Crippen LogP contribution in [-0.4, -0.2) is 30.5 Å². The smallest absolute Gasteiger partial charge is 0.260 e. The molecule has 5 heteroatoms. The predicted molar refractivity (Wildman–Crippen MR) is 94.3 cm³/mol. The molecule has 0 spiro atoms. The SMILES string of the molecule is CC(Cc1ccc(Cl)cc1)N(C)C(=O)COc1ccccc1Cl. The van der Waals surface area contributed by atoms with E-state index in [1.54, 1.807) is 24.1 Å². The van der Waals surface area contributed by atoms with Crippen LogP contribution in [0.4, 0.5) is 0 Å². The number of hydrogen-bond acceptors (Lipinski definition) is 2. The monoisotopic (exact) mass is 351 g/mol. The Hall–Kier alpha value is -1.71. The summed E-state index contributed by atoms with van der Waals surface area (Å²) < 4.78 is 5.50. The first-order chi connectivity index (χ1) is 11.0. The maximum atomic E-state index is 12.3. The second-order valence-electron chi connectivity index (χ2n) is 5.40. The summed E-state index contributed by atoms with van der Waals surface area (Å²) in [6.45, 7) is 1.97. The number of nitrogens with zero attached hydrogens (tertiary/aromatic N) is 1. The summed E-state index contributed by atoms with van der Waals surface area (Å²) in [5.41, 5.74) is 1.13. The van der Waals surface area contributed by atoms with E-state index in [0.29, 0.717) is 15.8 Å². The zero-order chi connectivity index (χ0) is 16.8. The van der Waals surface area contributed by atoms with Gasteiger partial charge < -0.3 is 9.64 Å². The molecule has 1 unspecified atom stereocenters. The minimum absolute atomic E-state index is 0.0365. The van der Waals surface area contributed by atoms with E-state index in [2.05, 4.69) is 0 Å². The van der Waals surface area contributed by atoms with Gasteiger partial charge >= 0.3 is 0 Å². The minimum atomic E-state index is -0.0913. The van der Waals surface area contributed by atoms with Crippen molar-refractivity contribution in [1.82, 2.24) is 4.90 Å². The van der Waals surface area contributed by atoms with Crippen molar-refractivity contribution in [3.05, 3.63) is 64.1 Å². The van der Waals surface area contributed by atoms with Gasteiger partial charge in [-0.3, -0.25) is 4.79 Å². The first-order valence-corrected chi connectivity index (χ1v) is 8.10. The van der Waals surface area contributed by atoms with Crippen molar-refractivity contribution in [2.24, 2.45) is 0 Å². The van der Waals surface area contributed by atoms with E-state index in [-0.39, 0.29) is 18.6 Å². The fourth-order valence-electron chi connectivity index (χ4n) is 2.15. The van der Waals surface area contributed by atoms with Crippen molar-refractivity contribution >= 4 is 29.1 Å². The molecule has 2 aromatic carbocycles. The van der Waals surface area contributed by atoms with Gasteiger partial charge in [0.05, 0.1) is 5.02 Å². The van der Waals surface area contributed by atoms with E-state index in [1.165, 1.54) is 0 Å². The Morgan fingerprint density at radius 1 is 1.13 bits per heavy atom. The Kier molecular flexibility index (Phi) is 6.31. The lowest BCUT2D eigenvalue weighted by Gasteiger charge is -2.25. The van der Waals surface area contributed by atoms with Crippen LogP contribution in [0.3, 0.4) is 0 Å². The second-order valence-corrected chi connectivity index (χ2v) is 6.25. The Bertz CT molecular complexity index is 658. The average molecular weight is 352 g/mol. The lowest BCUT2D eigenvalue weighted by Crippen LogP contribution is -2.39. The van der Waals surface area contributed by atoms with Gasteiger partial charge in [-0.1, -0.05) is 47.5 Å². The molecule has 0 bridgehead atoms. The summed E-state index contributed by atoms with van der Waals surface area (Å²) in [6, 6.07) is 14.8. The van der Waals surface area contributed by atoms with Crippen LogP contribution in [0, 0.1) is 0 Å². The van der Waals surface area contributed by atoms with Crippen LogP contribution >= 0.6 is 23.2 Å². The Morgan fingerprint density at radius 3 is 2.43 bits per heavy atom. The lowest BCUT2D eigenvalue weighted by atomic mass is 10.1. The average Bonchev–Trinajstić information content (AvgIpc) is 2.55. The summed E-state index contributed by atoms with van der Waals surface area (Å²) in [5.74, 6) is 0.424. The quantitative estimate of drug-likeness (QED) is 0.768. The molecule has 0 aliphatic heterocycles. The number of hydrogen-bond donors (Lipinski definition) is 0. The Balaban J connectivity index is 1.88. The largest absolute Gasteiger partial charge is 0.482 e. The van der Waals surface area contributed by atoms with Gasteiger partial charge in [-0.15, -0.1) is 0 Å². The van der Waals surface area contributed by atoms with E-state index in [0.717, 1.165) is 12.0 Å². The summed E-state index contributed by atoms with van der Waals surface area (Å²) in [7, 11) is 1.78. The van der Waals surface area contributed by atoms with Gasteiger partial charge in [-0.2, -0.15) is 0 Å². The number of likely N-dealkylation sites (N-methyl/N-ethyl adjacent to an activating group) is 1. The minimum Gasteiger partial charge on any atom is -0.482 e. The molecule has 23 heavy (non-hydrogen) atoms. The molecule has 0 aliphatic rings. The number of carbonyl (C=O) groups excluding carboxylic acids is 1. The highest BCUT2D eigenvalue weighted by Gasteiger charge is 2.17. The molecule has 1 atom stereocenters. The summed E-state index contributed by atoms with van der Waals surface area (Å²) >= 11 is 11.9. The zero-order valence-corrected chi connectivity index (χ0v) is 14.6. The van der Waals surface area contributed by atoms with Crippen molar-refractivity contribution in [2.45, 2.75) is 19.4 Å². The van der Waals surface area contributed by atoms with Gasteiger partial charge in [0.1, 0.15) is 5.75 Å². The predicted octanol–water partition coefficient (Wildman–Crippen LogP) is 4.46. The summed E-state index contributed by atoms with van der Waals surface area (Å²) in [6.07, 6.45) is 0.755. The van der Waals surface area contributed by atoms with Crippen LogP contribution in [0.15, 0.2) is 48.5 Å². The van der Waals surface area contributed by atoms with E-state index in [4.69, 9.17) is 27.9 Å². The fourth-order valence-corrected chi connectivity index (χ4v) is 2.46. The third-order valence-corrected chi connectivity index (χ3v) is 4.25. The van der Waals surface area contributed by atoms with E-state index in [1.807, 2.05) is 43.3 Å². The van der Waals surface area contributed by atoms with Crippen molar-refractivity contribution < 1.29 is 9.53 Å². The van der Waals surface area contributed by atoms with Gasteiger partial charge in [0.15, 0.2) is 6.61 Å². The van der Waals surface area contributed by atoms with Crippen LogP contribution in [0.2, 0.25) is 10.0 Å². The number of amides is 1. The maximum Gasteiger partial charge on any atom is 0.260 e. The molecule has 0 aromatic heterocycles. The summed E-state index contributed by atoms with van der Waals surface area (Å²) in [4.78, 5) is 13.9. The van der Waals surface area contributed by atoms with Gasteiger partial charge in [0.25, 0.3) is 5.91 Å². The lowest BCUT2D eigenvalue weighted by molar-refractivity contribution is -0.133. The Labute approximate surface area is 146 Å². The highest BCUT2D eigenvalue weighted by molar-refractivity contribution is 6.32. The van der Waals surface area contributed by atoms with Crippen LogP contribution in [0.25, 0.3) is 0 Å². The molecule has 0 N–H and O–H groups in total. The van der Waals surface area contributed by atoms with Gasteiger partial charge in [-0.25, -0.2) is 0 Å². The highest BCUT2D eigenvalue weighted by atomic mass is 35.5. The number of para-hydroxylation sites is 1. The topological polar surface area (TPSA) is 29.5 Å². The molecule has 122 valence electrons. The molecular formula is C18H19Cl2NO2. The third kappa shape index (κ3) is 5.15. The van der Waals surface area contributed by atoms with E-state index in [9.17, 15) is 4.79 Å². The number of benzene rings is 2. The van der Waals surface area contributed by atoms with Gasteiger partial charge in [0.2, 0.25) is 0 Å². The Morgan fingerprint density at radius 2 is 1.78 bits per heavy atom. The van der Waals surface area contributed by atoms with Crippen molar-refractivity contribution in [1.29, 1.82) is 0 Å². The van der Waals surface area contributed by atoms with E-state index >= 15 is 0 Å². The first-order valence-electron chi connectivity index (χ1n) is 7.35. The maximum absolute atomic E-state index is 12.3. The molecule has 3 nitrogen and oxygen atoms in total. The van der Waals surface area contributed by atoms with Crippen LogP contribution in [0.5, 0.6) is 5.75 Å². The fraction of sp³-hybridized carbons (Fsp3) is 0.278.